The largest absolute Gasteiger partial charge is 0.385 e. The lowest BCUT2D eigenvalue weighted by Gasteiger charge is -2.24. The minimum atomic E-state index is -0.240. The highest BCUT2D eigenvalue weighted by molar-refractivity contribution is 5.79. The Morgan fingerprint density at radius 3 is 3.03 bits per heavy atom. The van der Waals surface area contributed by atoms with Crippen LogP contribution in [0.5, 0.6) is 0 Å². The van der Waals surface area contributed by atoms with Crippen LogP contribution in [0, 0.1) is 5.92 Å². The highest BCUT2D eigenvalue weighted by atomic mass is 16.5. The van der Waals surface area contributed by atoms with Crippen molar-refractivity contribution in [2.45, 2.75) is 38.3 Å². The van der Waals surface area contributed by atoms with E-state index in [9.17, 15) is 4.79 Å². The van der Waals surface area contributed by atoms with Crippen LogP contribution in [-0.2, 0) is 27.2 Å². The first-order valence-corrected chi connectivity index (χ1v) is 11.0. The van der Waals surface area contributed by atoms with Crippen LogP contribution >= 0.6 is 0 Å². The molecule has 3 aromatic rings. The molecular formula is C23H31N5O3. The molecule has 1 saturated heterocycles. The van der Waals surface area contributed by atoms with Crippen molar-refractivity contribution in [3.63, 3.8) is 0 Å². The van der Waals surface area contributed by atoms with Crippen molar-refractivity contribution in [2.24, 2.45) is 5.92 Å². The smallest absolute Gasteiger partial charge is 0.228 e. The molecule has 3 heterocycles. The van der Waals surface area contributed by atoms with Gasteiger partial charge in [-0.25, -0.2) is 4.98 Å². The van der Waals surface area contributed by atoms with Crippen LogP contribution in [0.15, 0.2) is 36.5 Å². The number of nitrogens with one attached hydrogen (secondary N) is 1. The van der Waals surface area contributed by atoms with E-state index < -0.39 is 0 Å². The van der Waals surface area contributed by atoms with E-state index in [1.165, 1.54) is 0 Å². The summed E-state index contributed by atoms with van der Waals surface area (Å²) in [7, 11) is 3.58. The average molecular weight is 426 g/mol. The monoisotopic (exact) mass is 425 g/mol. The highest BCUT2D eigenvalue weighted by Crippen LogP contribution is 2.35. The lowest BCUT2D eigenvalue weighted by molar-refractivity contribution is -0.136. The zero-order valence-corrected chi connectivity index (χ0v) is 18.3. The van der Waals surface area contributed by atoms with Gasteiger partial charge in [0.2, 0.25) is 5.91 Å². The molecule has 1 aliphatic heterocycles. The second kappa shape index (κ2) is 10.1. The van der Waals surface area contributed by atoms with Gasteiger partial charge in [-0.1, -0.05) is 12.1 Å². The molecular weight excluding hydrogens is 394 g/mol. The number of carbonyl (C=O) groups excluding carboxylic acids is 1. The Balaban J connectivity index is 1.33. The number of imidazole rings is 1. The number of nitrogens with zero attached hydrogens (tertiary/aromatic N) is 4. The maximum atomic E-state index is 13.2. The van der Waals surface area contributed by atoms with Gasteiger partial charge >= 0.3 is 0 Å². The van der Waals surface area contributed by atoms with Crippen molar-refractivity contribution in [3.8, 4) is 0 Å². The van der Waals surface area contributed by atoms with Crippen LogP contribution in [0.3, 0.4) is 0 Å². The van der Waals surface area contributed by atoms with Crippen molar-refractivity contribution < 1.29 is 14.3 Å². The fraction of sp³-hybridized carbons (Fsp3) is 0.522. The molecule has 4 rings (SSSR count). The first-order valence-electron chi connectivity index (χ1n) is 11.0. The maximum Gasteiger partial charge on any atom is 0.228 e. The van der Waals surface area contributed by atoms with Gasteiger partial charge in [0, 0.05) is 53.1 Å². The van der Waals surface area contributed by atoms with Gasteiger partial charge in [-0.3, -0.25) is 9.48 Å². The molecule has 0 aliphatic carbocycles. The Bertz CT molecular complexity index is 965. The van der Waals surface area contributed by atoms with Crippen LogP contribution in [0.2, 0.25) is 0 Å². The third-order valence-electron chi connectivity index (χ3n) is 5.89. The molecule has 166 valence electrons. The highest BCUT2D eigenvalue weighted by Gasteiger charge is 2.38. The standard InChI is InChI=1S/C23H31N5O3/c1-27(13-5-9-21-25-18-7-3-4-8-19(18)26-21)23(29)17-11-16-31-22(17)20-10-12-24-28(20)14-6-15-30-2/h3-4,7-8,10,12,17,22H,5-6,9,11,13-16H2,1-2H3,(H,25,26)/t17-,22-/m0/s1. The lowest BCUT2D eigenvalue weighted by atomic mass is 9.97. The number of benzene rings is 1. The molecule has 1 aromatic carbocycles. The fourth-order valence-electron chi connectivity index (χ4n) is 4.27. The predicted octanol–water partition coefficient (Wildman–Crippen LogP) is 2.96. The van der Waals surface area contributed by atoms with Gasteiger partial charge < -0.3 is 19.4 Å². The van der Waals surface area contributed by atoms with Gasteiger partial charge in [0.1, 0.15) is 11.9 Å². The summed E-state index contributed by atoms with van der Waals surface area (Å²) < 4.78 is 13.1. The summed E-state index contributed by atoms with van der Waals surface area (Å²) in [5.41, 5.74) is 3.01. The van der Waals surface area contributed by atoms with Crippen LogP contribution in [-0.4, -0.2) is 64.5 Å². The van der Waals surface area contributed by atoms with Gasteiger partial charge in [-0.15, -0.1) is 0 Å². The van der Waals surface area contributed by atoms with E-state index in [2.05, 4.69) is 15.1 Å². The molecule has 8 heteroatoms. The molecule has 2 atom stereocenters. The molecule has 0 bridgehead atoms. The summed E-state index contributed by atoms with van der Waals surface area (Å²) in [6.45, 7) is 2.72. The number of fused-ring (bicyclic) bond motifs is 1. The summed E-state index contributed by atoms with van der Waals surface area (Å²) in [4.78, 5) is 23.0. The number of methoxy groups -OCH3 is 1. The second-order valence-corrected chi connectivity index (χ2v) is 8.08. The molecule has 2 aromatic heterocycles. The summed E-state index contributed by atoms with van der Waals surface area (Å²) >= 11 is 0. The van der Waals surface area contributed by atoms with Crippen molar-refractivity contribution in [2.75, 3.05) is 33.9 Å². The maximum absolute atomic E-state index is 13.2. The number of carbonyl (C=O) groups is 1. The number of aromatic amines is 1. The van der Waals surface area contributed by atoms with Crippen molar-refractivity contribution >= 4 is 16.9 Å². The Hall–Kier alpha value is -2.71. The number of rotatable bonds is 10. The topological polar surface area (TPSA) is 85.3 Å². The van der Waals surface area contributed by atoms with Gasteiger partial charge in [0.05, 0.1) is 22.6 Å². The summed E-state index contributed by atoms with van der Waals surface area (Å²) in [6.07, 6.45) is 4.81. The van der Waals surface area contributed by atoms with Gasteiger partial charge in [0.25, 0.3) is 0 Å². The molecule has 1 amide bonds. The SMILES string of the molecule is COCCCn1nccc1[C@H]1OCC[C@@H]1C(=O)N(C)CCCc1nc2ccccc2[nH]1. The van der Waals surface area contributed by atoms with Crippen LogP contribution in [0.1, 0.15) is 36.9 Å². The quantitative estimate of drug-likeness (QED) is 0.505. The third kappa shape index (κ3) is 4.97. The Kier molecular flexibility index (Phi) is 6.99. The molecule has 8 nitrogen and oxygen atoms in total. The van der Waals surface area contributed by atoms with E-state index >= 15 is 0 Å². The average Bonchev–Trinajstić information content (AvgIpc) is 3.51. The normalized spacial score (nSPS) is 18.6. The van der Waals surface area contributed by atoms with Gasteiger partial charge in [-0.05, 0) is 37.5 Å². The molecule has 31 heavy (non-hydrogen) atoms. The lowest BCUT2D eigenvalue weighted by Crippen LogP contribution is -2.35. The second-order valence-electron chi connectivity index (χ2n) is 8.08. The summed E-state index contributed by atoms with van der Waals surface area (Å²) in [6, 6.07) is 9.99. The molecule has 1 fully saturated rings. The van der Waals surface area contributed by atoms with Crippen molar-refractivity contribution in [3.05, 3.63) is 48.0 Å². The zero-order chi connectivity index (χ0) is 21.6. The summed E-state index contributed by atoms with van der Waals surface area (Å²) in [5.74, 6) is 0.926. The number of amides is 1. The van der Waals surface area contributed by atoms with E-state index in [1.54, 1.807) is 13.3 Å². The van der Waals surface area contributed by atoms with Crippen molar-refractivity contribution in [1.29, 1.82) is 0 Å². The van der Waals surface area contributed by atoms with E-state index in [0.717, 1.165) is 54.8 Å². The number of ether oxygens (including phenoxy) is 2. The third-order valence-corrected chi connectivity index (χ3v) is 5.89. The van der Waals surface area contributed by atoms with Crippen LogP contribution in [0.25, 0.3) is 11.0 Å². The Morgan fingerprint density at radius 2 is 2.19 bits per heavy atom. The zero-order valence-electron chi connectivity index (χ0n) is 18.3. The minimum Gasteiger partial charge on any atom is -0.385 e. The molecule has 1 N–H and O–H groups in total. The van der Waals surface area contributed by atoms with E-state index in [4.69, 9.17) is 9.47 Å². The number of aryl methyl sites for hydroxylation is 2. The van der Waals surface area contributed by atoms with Gasteiger partial charge in [0.15, 0.2) is 0 Å². The van der Waals surface area contributed by atoms with Crippen LogP contribution in [0.4, 0.5) is 0 Å². The Labute approximate surface area is 182 Å². The van der Waals surface area contributed by atoms with Gasteiger partial charge in [-0.2, -0.15) is 5.10 Å². The molecule has 0 radical (unpaired) electrons. The fourth-order valence-corrected chi connectivity index (χ4v) is 4.27. The predicted molar refractivity (Wildman–Crippen MR) is 118 cm³/mol. The summed E-state index contributed by atoms with van der Waals surface area (Å²) in [5, 5.41) is 4.42. The molecule has 0 saturated carbocycles. The molecule has 1 aliphatic rings. The van der Waals surface area contributed by atoms with E-state index in [1.807, 2.05) is 47.0 Å². The first kappa shape index (κ1) is 21.5. The molecule has 0 unspecified atom stereocenters. The number of H-pyrrole nitrogens is 1. The van der Waals surface area contributed by atoms with E-state index in [-0.39, 0.29) is 17.9 Å². The van der Waals surface area contributed by atoms with Crippen LogP contribution < -0.4 is 0 Å². The van der Waals surface area contributed by atoms with Crippen molar-refractivity contribution in [1.82, 2.24) is 24.6 Å². The number of para-hydroxylation sites is 2. The Morgan fingerprint density at radius 1 is 1.32 bits per heavy atom. The minimum absolute atomic E-state index is 0.136. The number of hydrogen-bond acceptors (Lipinski definition) is 5. The van der Waals surface area contributed by atoms with E-state index in [0.29, 0.717) is 19.8 Å². The number of aromatic nitrogens is 4. The number of hydrogen-bond donors (Lipinski definition) is 1. The first-order chi connectivity index (χ1) is 15.2. The molecule has 0 spiro atoms.